The zero-order chi connectivity index (χ0) is 15.4. The molecule has 1 unspecified atom stereocenters. The van der Waals surface area contributed by atoms with Gasteiger partial charge < -0.3 is 5.32 Å². The SMILES string of the molecule is CCNC(Cc1cccc(Cl)c1F)c1ncc(Br)cc1Br. The van der Waals surface area contributed by atoms with Crippen LogP contribution < -0.4 is 5.32 Å². The van der Waals surface area contributed by atoms with Crippen LogP contribution >= 0.6 is 43.5 Å². The summed E-state index contributed by atoms with van der Waals surface area (Å²) in [4.78, 5) is 4.43. The van der Waals surface area contributed by atoms with Crippen molar-refractivity contribution in [1.29, 1.82) is 0 Å². The molecule has 0 saturated heterocycles. The standard InChI is InChI=1S/C15H14Br2ClFN2/c1-2-20-13(15-11(17)7-10(16)8-21-15)6-9-4-3-5-12(18)14(9)19/h3-5,7-8,13,20H,2,6H2,1H3. The van der Waals surface area contributed by atoms with Crippen LogP contribution in [0.2, 0.25) is 5.02 Å². The molecule has 0 aliphatic rings. The van der Waals surface area contributed by atoms with Gasteiger partial charge in [0.15, 0.2) is 0 Å². The lowest BCUT2D eigenvalue weighted by Crippen LogP contribution is -2.24. The van der Waals surface area contributed by atoms with Crippen LogP contribution in [0.25, 0.3) is 0 Å². The van der Waals surface area contributed by atoms with E-state index in [0.717, 1.165) is 21.2 Å². The zero-order valence-corrected chi connectivity index (χ0v) is 15.3. The highest BCUT2D eigenvalue weighted by Gasteiger charge is 2.18. The second-order valence-corrected chi connectivity index (χ2v) is 6.73. The maximum atomic E-state index is 14.1. The second-order valence-electron chi connectivity index (χ2n) is 4.55. The molecule has 1 N–H and O–H groups in total. The predicted octanol–water partition coefficient (Wildman–Crippen LogP) is 5.29. The Labute approximate surface area is 145 Å². The number of hydrogen-bond acceptors (Lipinski definition) is 2. The largest absolute Gasteiger partial charge is 0.309 e. The second kappa shape index (κ2) is 7.68. The first-order valence-corrected chi connectivity index (χ1v) is 8.46. The molecule has 0 saturated carbocycles. The number of pyridine rings is 1. The van der Waals surface area contributed by atoms with E-state index in [9.17, 15) is 4.39 Å². The normalized spacial score (nSPS) is 12.4. The maximum Gasteiger partial charge on any atom is 0.145 e. The first kappa shape index (κ1) is 16.9. The molecule has 2 nitrogen and oxygen atoms in total. The Morgan fingerprint density at radius 3 is 2.81 bits per heavy atom. The molecule has 0 aliphatic heterocycles. The number of benzene rings is 1. The molecule has 112 valence electrons. The third-order valence-corrected chi connectivity index (χ3v) is 4.43. The number of halogens is 4. The van der Waals surface area contributed by atoms with Crippen LogP contribution in [-0.4, -0.2) is 11.5 Å². The molecule has 0 radical (unpaired) electrons. The Morgan fingerprint density at radius 2 is 2.14 bits per heavy atom. The van der Waals surface area contributed by atoms with Crippen LogP contribution in [-0.2, 0) is 6.42 Å². The topological polar surface area (TPSA) is 24.9 Å². The summed E-state index contributed by atoms with van der Waals surface area (Å²) in [6.07, 6.45) is 2.21. The van der Waals surface area contributed by atoms with Crippen molar-refractivity contribution in [2.24, 2.45) is 0 Å². The molecule has 0 spiro atoms. The highest BCUT2D eigenvalue weighted by atomic mass is 79.9. The average Bonchev–Trinajstić information content (AvgIpc) is 2.43. The molecule has 21 heavy (non-hydrogen) atoms. The summed E-state index contributed by atoms with van der Waals surface area (Å²) in [6, 6.07) is 6.90. The molecular weight excluding hydrogens is 422 g/mol. The van der Waals surface area contributed by atoms with E-state index in [0.29, 0.717) is 12.0 Å². The highest BCUT2D eigenvalue weighted by molar-refractivity contribution is 9.11. The fourth-order valence-electron chi connectivity index (χ4n) is 2.12. The molecule has 0 bridgehead atoms. The van der Waals surface area contributed by atoms with Gasteiger partial charge in [-0.05, 0) is 62.5 Å². The van der Waals surface area contributed by atoms with Crippen molar-refractivity contribution in [3.63, 3.8) is 0 Å². The van der Waals surface area contributed by atoms with Gasteiger partial charge in [0.25, 0.3) is 0 Å². The molecule has 0 aliphatic carbocycles. The van der Waals surface area contributed by atoms with Crippen molar-refractivity contribution in [2.45, 2.75) is 19.4 Å². The summed E-state index contributed by atoms with van der Waals surface area (Å²) in [5, 5.41) is 3.48. The van der Waals surface area contributed by atoms with Crippen molar-refractivity contribution in [3.8, 4) is 0 Å². The van der Waals surface area contributed by atoms with Gasteiger partial charge in [0.2, 0.25) is 0 Å². The van der Waals surface area contributed by atoms with E-state index in [1.807, 2.05) is 13.0 Å². The number of rotatable bonds is 5. The van der Waals surface area contributed by atoms with Gasteiger partial charge in [-0.15, -0.1) is 0 Å². The van der Waals surface area contributed by atoms with Gasteiger partial charge in [-0.2, -0.15) is 0 Å². The fourth-order valence-corrected chi connectivity index (χ4v) is 3.58. The van der Waals surface area contributed by atoms with Crippen molar-refractivity contribution in [3.05, 3.63) is 61.5 Å². The van der Waals surface area contributed by atoms with E-state index >= 15 is 0 Å². The number of likely N-dealkylation sites (N-methyl/N-ethyl adjacent to an activating group) is 1. The van der Waals surface area contributed by atoms with Crippen LogP contribution in [0.3, 0.4) is 0 Å². The lowest BCUT2D eigenvalue weighted by molar-refractivity contribution is 0.516. The number of aromatic nitrogens is 1. The van der Waals surface area contributed by atoms with Crippen LogP contribution in [0.1, 0.15) is 24.2 Å². The van der Waals surface area contributed by atoms with E-state index in [1.165, 1.54) is 0 Å². The van der Waals surface area contributed by atoms with E-state index in [1.54, 1.807) is 24.4 Å². The van der Waals surface area contributed by atoms with Gasteiger partial charge in [0.05, 0.1) is 16.8 Å². The smallest absolute Gasteiger partial charge is 0.145 e. The first-order chi connectivity index (χ1) is 10.0. The average molecular weight is 437 g/mol. The molecular formula is C15H14Br2ClFN2. The molecule has 2 aromatic rings. The first-order valence-electron chi connectivity index (χ1n) is 6.50. The number of nitrogens with zero attached hydrogens (tertiary/aromatic N) is 1. The van der Waals surface area contributed by atoms with Gasteiger partial charge in [0, 0.05) is 15.1 Å². The van der Waals surface area contributed by atoms with Gasteiger partial charge in [-0.25, -0.2) is 4.39 Å². The Hall–Kier alpha value is -0.490. The molecule has 1 aromatic heterocycles. The fraction of sp³-hybridized carbons (Fsp3) is 0.267. The van der Waals surface area contributed by atoms with E-state index < -0.39 is 0 Å². The van der Waals surface area contributed by atoms with E-state index in [-0.39, 0.29) is 16.9 Å². The van der Waals surface area contributed by atoms with E-state index in [2.05, 4.69) is 42.2 Å². The van der Waals surface area contributed by atoms with Crippen molar-refractivity contribution in [2.75, 3.05) is 6.54 Å². The molecule has 6 heteroatoms. The lowest BCUT2D eigenvalue weighted by Gasteiger charge is -2.19. The Bertz CT molecular complexity index is 637. The minimum atomic E-state index is -0.365. The minimum absolute atomic E-state index is 0.0922. The highest BCUT2D eigenvalue weighted by Crippen LogP contribution is 2.28. The summed E-state index contributed by atoms with van der Waals surface area (Å²) < 4.78 is 15.9. The van der Waals surface area contributed by atoms with Gasteiger partial charge in [-0.1, -0.05) is 30.7 Å². The van der Waals surface area contributed by atoms with Crippen LogP contribution in [0, 0.1) is 5.82 Å². The predicted molar refractivity (Wildman–Crippen MR) is 91.2 cm³/mol. The summed E-state index contributed by atoms with van der Waals surface area (Å²) in [5.41, 5.74) is 1.42. The van der Waals surface area contributed by atoms with Gasteiger partial charge in [-0.3, -0.25) is 4.98 Å². The summed E-state index contributed by atoms with van der Waals surface area (Å²) in [6.45, 7) is 2.77. The van der Waals surface area contributed by atoms with Crippen LogP contribution in [0.4, 0.5) is 4.39 Å². The van der Waals surface area contributed by atoms with Crippen LogP contribution in [0.15, 0.2) is 39.4 Å². The maximum absolute atomic E-state index is 14.1. The zero-order valence-electron chi connectivity index (χ0n) is 11.3. The Morgan fingerprint density at radius 1 is 1.38 bits per heavy atom. The van der Waals surface area contributed by atoms with Crippen LogP contribution in [0.5, 0.6) is 0 Å². The summed E-state index contributed by atoms with van der Waals surface area (Å²) in [5.74, 6) is -0.365. The molecule has 1 atom stereocenters. The monoisotopic (exact) mass is 434 g/mol. The molecule has 2 rings (SSSR count). The summed E-state index contributed by atoms with van der Waals surface area (Å²) in [7, 11) is 0. The Balaban J connectivity index is 2.33. The quantitative estimate of drug-likeness (QED) is 0.689. The van der Waals surface area contributed by atoms with Crippen molar-refractivity contribution >= 4 is 43.5 Å². The Kier molecular flexibility index (Phi) is 6.17. The van der Waals surface area contributed by atoms with E-state index in [4.69, 9.17) is 11.6 Å². The molecule has 0 fully saturated rings. The van der Waals surface area contributed by atoms with Crippen molar-refractivity contribution < 1.29 is 4.39 Å². The third-order valence-electron chi connectivity index (χ3n) is 3.07. The molecule has 0 amide bonds. The number of hydrogen-bond donors (Lipinski definition) is 1. The summed E-state index contributed by atoms with van der Waals surface area (Å²) >= 11 is 12.7. The molecule has 1 heterocycles. The molecule has 1 aromatic carbocycles. The number of nitrogens with one attached hydrogen (secondary N) is 1. The minimum Gasteiger partial charge on any atom is -0.309 e. The van der Waals surface area contributed by atoms with Gasteiger partial charge >= 0.3 is 0 Å². The third kappa shape index (κ3) is 4.25. The van der Waals surface area contributed by atoms with Crippen molar-refractivity contribution in [1.82, 2.24) is 10.3 Å². The van der Waals surface area contributed by atoms with Gasteiger partial charge in [0.1, 0.15) is 5.82 Å². The lowest BCUT2D eigenvalue weighted by atomic mass is 10.0.